The molecule has 5 rings (SSSR count). The molecule has 0 aliphatic carbocycles. The molecule has 0 radical (unpaired) electrons. The fourth-order valence-electron chi connectivity index (χ4n) is 4.76. The summed E-state index contributed by atoms with van der Waals surface area (Å²) < 4.78 is 2.55. The van der Waals surface area contributed by atoms with E-state index in [-0.39, 0.29) is 11.6 Å². The van der Waals surface area contributed by atoms with Crippen LogP contribution in [0.3, 0.4) is 0 Å². The highest BCUT2D eigenvalue weighted by atomic mass is 79.9. The summed E-state index contributed by atoms with van der Waals surface area (Å²) in [5.41, 5.74) is 3.81. The van der Waals surface area contributed by atoms with E-state index in [1.165, 1.54) is 0 Å². The molecular formula is C32H29BrN4O2. The summed E-state index contributed by atoms with van der Waals surface area (Å²) in [6.07, 6.45) is 0.551. The van der Waals surface area contributed by atoms with E-state index in [2.05, 4.69) is 21.2 Å². The molecule has 5 aromatic rings. The van der Waals surface area contributed by atoms with Crippen molar-refractivity contribution in [2.24, 2.45) is 0 Å². The van der Waals surface area contributed by atoms with E-state index in [9.17, 15) is 9.59 Å². The van der Waals surface area contributed by atoms with Gasteiger partial charge in [0.15, 0.2) is 0 Å². The van der Waals surface area contributed by atoms with Gasteiger partial charge < -0.3 is 10.2 Å². The maximum absolute atomic E-state index is 14.0. The molecule has 6 nitrogen and oxygen atoms in total. The van der Waals surface area contributed by atoms with Crippen LogP contribution in [0.2, 0.25) is 0 Å². The molecule has 0 saturated heterocycles. The summed E-state index contributed by atoms with van der Waals surface area (Å²) >= 11 is 3.49. The zero-order chi connectivity index (χ0) is 27.4. The van der Waals surface area contributed by atoms with E-state index >= 15 is 0 Å². The number of carbonyl (C=O) groups excluding carboxylic acids is 1. The van der Waals surface area contributed by atoms with Crippen molar-refractivity contribution in [2.45, 2.75) is 32.9 Å². The normalized spacial score (nSPS) is 11.8. The van der Waals surface area contributed by atoms with Gasteiger partial charge in [-0.2, -0.15) is 0 Å². The molecule has 4 aromatic carbocycles. The number of nitrogens with one attached hydrogen (secondary N) is 1. The predicted octanol–water partition coefficient (Wildman–Crippen LogP) is 7.64. The van der Waals surface area contributed by atoms with Crippen LogP contribution >= 0.6 is 15.9 Å². The maximum Gasteiger partial charge on any atom is 0.322 e. The largest absolute Gasteiger partial charge is 0.322 e. The van der Waals surface area contributed by atoms with Crippen LogP contribution in [0.5, 0.6) is 0 Å². The van der Waals surface area contributed by atoms with E-state index < -0.39 is 6.04 Å². The van der Waals surface area contributed by atoms with E-state index in [0.717, 1.165) is 21.3 Å². The average molecular weight is 582 g/mol. The first-order valence-corrected chi connectivity index (χ1v) is 13.7. The molecule has 1 heterocycles. The van der Waals surface area contributed by atoms with Crippen LogP contribution in [0, 0.1) is 6.92 Å². The van der Waals surface area contributed by atoms with Gasteiger partial charge in [-0.3, -0.25) is 9.36 Å². The Hall–Kier alpha value is -4.23. The van der Waals surface area contributed by atoms with Crippen LogP contribution in [0.4, 0.5) is 10.5 Å². The topological polar surface area (TPSA) is 67.2 Å². The Balaban J connectivity index is 1.68. The number of halogens is 1. The van der Waals surface area contributed by atoms with Crippen LogP contribution in [-0.4, -0.2) is 20.5 Å². The highest BCUT2D eigenvalue weighted by molar-refractivity contribution is 9.10. The third-order valence-electron chi connectivity index (χ3n) is 6.79. The molecule has 39 heavy (non-hydrogen) atoms. The number of para-hydroxylation sites is 2. The molecule has 7 heteroatoms. The first-order chi connectivity index (χ1) is 19.0. The van der Waals surface area contributed by atoms with Gasteiger partial charge in [-0.25, -0.2) is 9.78 Å². The Morgan fingerprint density at radius 2 is 1.59 bits per heavy atom. The number of hydrogen-bond acceptors (Lipinski definition) is 3. The molecule has 1 aromatic heterocycles. The monoisotopic (exact) mass is 580 g/mol. The van der Waals surface area contributed by atoms with Gasteiger partial charge in [-0.05, 0) is 66.9 Å². The summed E-state index contributed by atoms with van der Waals surface area (Å²) in [5.74, 6) is 0.513. The molecule has 0 saturated carbocycles. The van der Waals surface area contributed by atoms with Crippen LogP contribution in [0.25, 0.3) is 16.6 Å². The number of aryl methyl sites for hydroxylation is 1. The van der Waals surface area contributed by atoms with Crippen molar-refractivity contribution in [2.75, 3.05) is 5.32 Å². The van der Waals surface area contributed by atoms with Crippen molar-refractivity contribution in [1.82, 2.24) is 14.5 Å². The maximum atomic E-state index is 14.0. The number of aromatic nitrogens is 2. The predicted molar refractivity (Wildman–Crippen MR) is 160 cm³/mol. The SMILES string of the molecule is CCC(c1nc2ccccc2c(=O)n1-c1ccc(Br)cc1)N(Cc1ccccc1)C(=O)Nc1ccccc1C. The van der Waals surface area contributed by atoms with E-state index in [4.69, 9.17) is 4.98 Å². The molecule has 196 valence electrons. The number of amides is 2. The van der Waals surface area contributed by atoms with Gasteiger partial charge in [0.1, 0.15) is 5.82 Å². The highest BCUT2D eigenvalue weighted by Crippen LogP contribution is 2.29. The van der Waals surface area contributed by atoms with Gasteiger partial charge in [-0.1, -0.05) is 83.5 Å². The Bertz CT molecular complexity index is 1670. The van der Waals surface area contributed by atoms with Crippen LogP contribution in [-0.2, 0) is 6.54 Å². The van der Waals surface area contributed by atoms with E-state index in [1.54, 1.807) is 15.5 Å². The Kier molecular flexibility index (Phi) is 7.89. The highest BCUT2D eigenvalue weighted by Gasteiger charge is 2.29. The van der Waals surface area contributed by atoms with Crippen molar-refractivity contribution in [3.8, 4) is 5.69 Å². The molecule has 0 bridgehead atoms. The lowest BCUT2D eigenvalue weighted by molar-refractivity contribution is 0.177. The third kappa shape index (κ3) is 5.64. The molecule has 0 fully saturated rings. The van der Waals surface area contributed by atoms with Crippen LogP contribution in [0.15, 0.2) is 112 Å². The minimum Gasteiger partial charge on any atom is -0.310 e. The summed E-state index contributed by atoms with van der Waals surface area (Å²) in [7, 11) is 0. The number of carbonyl (C=O) groups is 1. The van der Waals surface area contributed by atoms with Crippen molar-refractivity contribution in [3.05, 3.63) is 135 Å². The van der Waals surface area contributed by atoms with Crippen molar-refractivity contribution in [1.29, 1.82) is 0 Å². The number of hydrogen-bond donors (Lipinski definition) is 1. The number of fused-ring (bicyclic) bond motifs is 1. The van der Waals surface area contributed by atoms with Gasteiger partial charge in [0.05, 0.1) is 22.6 Å². The fourth-order valence-corrected chi connectivity index (χ4v) is 5.02. The molecule has 1 N–H and O–H groups in total. The lowest BCUT2D eigenvalue weighted by Gasteiger charge is -2.32. The molecule has 1 unspecified atom stereocenters. The van der Waals surface area contributed by atoms with E-state index in [0.29, 0.717) is 35.4 Å². The lowest BCUT2D eigenvalue weighted by atomic mass is 10.1. The number of nitrogens with zero attached hydrogens (tertiary/aromatic N) is 3. The summed E-state index contributed by atoms with van der Waals surface area (Å²) in [6, 6.07) is 31.7. The summed E-state index contributed by atoms with van der Waals surface area (Å²) in [4.78, 5) is 34.7. The van der Waals surface area contributed by atoms with E-state index in [1.807, 2.05) is 111 Å². The van der Waals surface area contributed by atoms with Gasteiger partial charge in [0.25, 0.3) is 5.56 Å². The zero-order valence-corrected chi connectivity index (χ0v) is 23.4. The first-order valence-electron chi connectivity index (χ1n) is 12.9. The Labute approximate surface area is 236 Å². The fraction of sp³-hybridized carbons (Fsp3) is 0.156. The first kappa shape index (κ1) is 26.4. The second-order valence-electron chi connectivity index (χ2n) is 9.39. The van der Waals surface area contributed by atoms with Crippen LogP contribution in [0.1, 0.15) is 36.3 Å². The minimum absolute atomic E-state index is 0.171. The van der Waals surface area contributed by atoms with Gasteiger partial charge >= 0.3 is 6.03 Å². The number of rotatable bonds is 7. The number of benzene rings is 4. The molecule has 2 amide bonds. The zero-order valence-electron chi connectivity index (χ0n) is 21.8. The standard InChI is InChI=1S/C32H29BrN4O2/c1-3-29(36(21-23-12-5-4-6-13-23)32(39)35-27-15-9-7-11-22(27)2)30-34-28-16-10-8-14-26(28)31(38)37(30)25-19-17-24(33)18-20-25/h4-20,29H,3,21H2,1-2H3,(H,35,39). The minimum atomic E-state index is -0.491. The molecule has 0 spiro atoms. The molecular weight excluding hydrogens is 552 g/mol. The second-order valence-corrected chi connectivity index (χ2v) is 10.3. The van der Waals surface area contributed by atoms with Crippen molar-refractivity contribution in [3.63, 3.8) is 0 Å². The van der Waals surface area contributed by atoms with Crippen molar-refractivity contribution < 1.29 is 4.79 Å². The smallest absolute Gasteiger partial charge is 0.310 e. The summed E-state index contributed by atoms with van der Waals surface area (Å²) in [5, 5.41) is 3.63. The molecule has 1 atom stereocenters. The number of anilines is 1. The van der Waals surface area contributed by atoms with Gasteiger partial charge in [-0.15, -0.1) is 0 Å². The second kappa shape index (κ2) is 11.7. The van der Waals surface area contributed by atoms with Gasteiger partial charge in [0.2, 0.25) is 0 Å². The number of urea groups is 1. The van der Waals surface area contributed by atoms with Crippen LogP contribution < -0.4 is 10.9 Å². The average Bonchev–Trinajstić information content (AvgIpc) is 2.95. The Morgan fingerprint density at radius 3 is 2.31 bits per heavy atom. The van der Waals surface area contributed by atoms with Crippen molar-refractivity contribution >= 4 is 38.6 Å². The molecule has 0 aliphatic rings. The molecule has 0 aliphatic heterocycles. The third-order valence-corrected chi connectivity index (χ3v) is 7.32. The quantitative estimate of drug-likeness (QED) is 0.215. The lowest BCUT2D eigenvalue weighted by Crippen LogP contribution is -2.40. The van der Waals surface area contributed by atoms with Gasteiger partial charge in [0, 0.05) is 16.7 Å². The Morgan fingerprint density at radius 1 is 0.923 bits per heavy atom. The summed E-state index contributed by atoms with van der Waals surface area (Å²) in [6.45, 7) is 4.32.